The Balaban J connectivity index is 1.85. The average Bonchev–Trinajstić information content (AvgIpc) is 2.60. The van der Waals surface area contributed by atoms with Gasteiger partial charge in [-0.1, -0.05) is 24.3 Å². The van der Waals surface area contributed by atoms with Gasteiger partial charge in [-0.15, -0.1) is 0 Å². The summed E-state index contributed by atoms with van der Waals surface area (Å²) in [5.74, 6) is -0.492. The van der Waals surface area contributed by atoms with E-state index in [1.54, 1.807) is 0 Å². The molecule has 1 aliphatic heterocycles. The zero-order chi connectivity index (χ0) is 16.9. The molecule has 128 valence electrons. The van der Waals surface area contributed by atoms with Gasteiger partial charge >= 0.3 is 0 Å². The monoisotopic (exact) mass is 331 g/mol. The molecule has 0 bridgehead atoms. The lowest BCUT2D eigenvalue weighted by Gasteiger charge is -2.39. The molecule has 1 fully saturated rings. The quantitative estimate of drug-likeness (QED) is 0.914. The third-order valence-electron chi connectivity index (χ3n) is 4.59. The summed E-state index contributed by atoms with van der Waals surface area (Å²) in [6, 6.07) is 13.2. The lowest BCUT2D eigenvalue weighted by Crippen LogP contribution is -2.49. The Labute approximate surface area is 141 Å². The van der Waals surface area contributed by atoms with Crippen molar-refractivity contribution in [2.45, 2.75) is 6.04 Å². The molecular weight excluding hydrogens is 308 g/mol. The van der Waals surface area contributed by atoms with Crippen molar-refractivity contribution in [3.63, 3.8) is 0 Å². The van der Waals surface area contributed by atoms with Gasteiger partial charge in [-0.3, -0.25) is 9.80 Å². The Bertz CT molecular complexity index is 589. The Morgan fingerprint density at radius 3 is 1.67 bits per heavy atom. The van der Waals surface area contributed by atoms with Crippen molar-refractivity contribution in [1.29, 1.82) is 0 Å². The fourth-order valence-corrected chi connectivity index (χ4v) is 3.33. The maximum atomic E-state index is 13.3. The number of rotatable bonds is 5. The first-order chi connectivity index (χ1) is 11.7. The molecule has 5 heteroatoms. The van der Waals surface area contributed by atoms with Crippen LogP contribution >= 0.6 is 0 Å². The van der Waals surface area contributed by atoms with Crippen LogP contribution in [0.4, 0.5) is 8.78 Å². The third kappa shape index (κ3) is 3.98. The predicted molar refractivity (Wildman–Crippen MR) is 91.7 cm³/mol. The van der Waals surface area contributed by atoms with Gasteiger partial charge in [0.15, 0.2) is 0 Å². The van der Waals surface area contributed by atoms with E-state index in [9.17, 15) is 8.78 Å². The Morgan fingerprint density at radius 1 is 0.792 bits per heavy atom. The second-order valence-electron chi connectivity index (χ2n) is 6.17. The summed E-state index contributed by atoms with van der Waals surface area (Å²) in [6.07, 6.45) is 0. The van der Waals surface area contributed by atoms with E-state index < -0.39 is 0 Å². The molecule has 1 saturated heterocycles. The minimum absolute atomic E-state index is 0.00577. The lowest BCUT2D eigenvalue weighted by molar-refractivity contribution is 0.111. The molecule has 3 nitrogen and oxygen atoms in total. The molecule has 0 atom stereocenters. The van der Waals surface area contributed by atoms with Gasteiger partial charge in [0.25, 0.3) is 0 Å². The van der Waals surface area contributed by atoms with E-state index in [1.807, 2.05) is 24.3 Å². The lowest BCUT2D eigenvalue weighted by atomic mass is 9.96. The molecule has 3 rings (SSSR count). The van der Waals surface area contributed by atoms with E-state index in [0.29, 0.717) is 6.54 Å². The Morgan fingerprint density at radius 2 is 1.25 bits per heavy atom. The van der Waals surface area contributed by atoms with Crippen molar-refractivity contribution in [3.05, 3.63) is 71.3 Å². The van der Waals surface area contributed by atoms with E-state index in [-0.39, 0.29) is 17.7 Å². The van der Waals surface area contributed by atoms with Crippen molar-refractivity contribution in [1.82, 2.24) is 9.80 Å². The topological polar surface area (TPSA) is 32.5 Å². The smallest absolute Gasteiger partial charge is 0.123 e. The first kappa shape index (κ1) is 17.0. The molecule has 0 unspecified atom stereocenters. The van der Waals surface area contributed by atoms with Gasteiger partial charge in [0.05, 0.1) is 6.04 Å². The molecule has 1 heterocycles. The average molecular weight is 331 g/mol. The molecule has 2 aromatic carbocycles. The molecule has 0 aromatic heterocycles. The van der Waals surface area contributed by atoms with Crippen molar-refractivity contribution in [2.75, 3.05) is 39.3 Å². The maximum absolute atomic E-state index is 13.3. The first-order valence-electron chi connectivity index (χ1n) is 8.35. The highest BCUT2D eigenvalue weighted by Gasteiger charge is 2.26. The highest BCUT2D eigenvalue weighted by atomic mass is 19.1. The summed E-state index contributed by atoms with van der Waals surface area (Å²) in [4.78, 5) is 4.72. The van der Waals surface area contributed by atoms with E-state index in [4.69, 9.17) is 5.73 Å². The van der Waals surface area contributed by atoms with E-state index >= 15 is 0 Å². The summed E-state index contributed by atoms with van der Waals surface area (Å²) >= 11 is 0. The summed E-state index contributed by atoms with van der Waals surface area (Å²) in [5, 5.41) is 0. The van der Waals surface area contributed by atoms with Crippen LogP contribution in [-0.4, -0.2) is 49.1 Å². The van der Waals surface area contributed by atoms with Crippen molar-refractivity contribution in [3.8, 4) is 0 Å². The standard InChI is InChI=1S/C19H23F2N3/c20-17-5-1-15(2-6-17)19(16-3-7-18(21)8-4-16)24-13-11-23(10-9-22)12-14-24/h1-8,19H,9-14,22H2. The zero-order valence-electron chi connectivity index (χ0n) is 13.7. The van der Waals surface area contributed by atoms with Gasteiger partial charge in [-0.25, -0.2) is 8.78 Å². The van der Waals surface area contributed by atoms with Gasteiger partial charge in [0, 0.05) is 39.3 Å². The molecule has 0 saturated carbocycles. The number of hydrogen-bond donors (Lipinski definition) is 1. The fourth-order valence-electron chi connectivity index (χ4n) is 3.33. The highest BCUT2D eigenvalue weighted by molar-refractivity contribution is 5.32. The van der Waals surface area contributed by atoms with Gasteiger partial charge in [0.2, 0.25) is 0 Å². The molecule has 0 amide bonds. The number of nitrogens with zero attached hydrogens (tertiary/aromatic N) is 2. The minimum atomic E-state index is -0.246. The number of piperazine rings is 1. The van der Waals surface area contributed by atoms with Crippen molar-refractivity contribution in [2.24, 2.45) is 5.73 Å². The highest BCUT2D eigenvalue weighted by Crippen LogP contribution is 2.30. The number of halogens is 2. The molecular formula is C19H23F2N3. The summed E-state index contributed by atoms with van der Waals surface area (Å²) in [5.41, 5.74) is 7.68. The second-order valence-corrected chi connectivity index (χ2v) is 6.17. The van der Waals surface area contributed by atoms with Crippen molar-refractivity contribution >= 4 is 0 Å². The van der Waals surface area contributed by atoms with Crippen LogP contribution in [0, 0.1) is 11.6 Å². The van der Waals surface area contributed by atoms with Crippen LogP contribution in [0.25, 0.3) is 0 Å². The maximum Gasteiger partial charge on any atom is 0.123 e. The number of benzene rings is 2. The normalized spacial score (nSPS) is 16.7. The van der Waals surface area contributed by atoms with E-state index in [1.165, 1.54) is 24.3 Å². The second kappa shape index (κ2) is 7.83. The van der Waals surface area contributed by atoms with Crippen molar-refractivity contribution < 1.29 is 8.78 Å². The van der Waals surface area contributed by atoms with Gasteiger partial charge in [0.1, 0.15) is 11.6 Å². The third-order valence-corrected chi connectivity index (χ3v) is 4.59. The molecule has 0 aliphatic carbocycles. The Hall–Kier alpha value is -1.82. The molecule has 2 N–H and O–H groups in total. The molecule has 2 aromatic rings. The van der Waals surface area contributed by atoms with E-state index in [2.05, 4.69) is 9.80 Å². The molecule has 0 spiro atoms. The van der Waals surface area contributed by atoms with Crippen LogP contribution in [0.3, 0.4) is 0 Å². The molecule has 1 aliphatic rings. The Kier molecular flexibility index (Phi) is 5.56. The van der Waals surface area contributed by atoms with Gasteiger partial charge < -0.3 is 5.73 Å². The summed E-state index contributed by atoms with van der Waals surface area (Å²) < 4.78 is 26.6. The van der Waals surface area contributed by atoms with Gasteiger partial charge in [-0.2, -0.15) is 0 Å². The molecule has 0 radical (unpaired) electrons. The van der Waals surface area contributed by atoms with Crippen LogP contribution < -0.4 is 5.73 Å². The van der Waals surface area contributed by atoms with Gasteiger partial charge in [-0.05, 0) is 35.4 Å². The largest absolute Gasteiger partial charge is 0.329 e. The SMILES string of the molecule is NCCN1CCN(C(c2ccc(F)cc2)c2ccc(F)cc2)CC1. The van der Waals surface area contributed by atoms with Crippen LogP contribution in [0.5, 0.6) is 0 Å². The summed E-state index contributed by atoms with van der Waals surface area (Å²) in [6.45, 7) is 5.29. The molecule has 24 heavy (non-hydrogen) atoms. The fraction of sp³-hybridized carbons (Fsp3) is 0.368. The van der Waals surface area contributed by atoms with E-state index in [0.717, 1.165) is 43.9 Å². The number of hydrogen-bond acceptors (Lipinski definition) is 3. The zero-order valence-corrected chi connectivity index (χ0v) is 13.7. The van der Waals surface area contributed by atoms with Crippen LogP contribution in [0.15, 0.2) is 48.5 Å². The van der Waals surface area contributed by atoms with Crippen LogP contribution in [0.2, 0.25) is 0 Å². The first-order valence-corrected chi connectivity index (χ1v) is 8.35. The summed E-state index contributed by atoms with van der Waals surface area (Å²) in [7, 11) is 0. The number of nitrogens with two attached hydrogens (primary N) is 1. The predicted octanol–water partition coefficient (Wildman–Crippen LogP) is 2.63. The van der Waals surface area contributed by atoms with Crippen LogP contribution in [0.1, 0.15) is 17.2 Å². The minimum Gasteiger partial charge on any atom is -0.329 e. The van der Waals surface area contributed by atoms with Crippen LogP contribution in [-0.2, 0) is 0 Å².